The Balaban J connectivity index is 1.43. The summed E-state index contributed by atoms with van der Waals surface area (Å²) >= 11 is 6.18. The molecular formula is C20H25ClN4O3. The van der Waals surface area contributed by atoms with Crippen molar-refractivity contribution in [2.75, 3.05) is 13.1 Å². The largest absolute Gasteiger partial charge is 0.331 e. The molecular weight excluding hydrogens is 380 g/mol. The first kappa shape index (κ1) is 19.1. The highest BCUT2D eigenvalue weighted by Gasteiger charge is 2.48. The predicted molar refractivity (Wildman–Crippen MR) is 105 cm³/mol. The van der Waals surface area contributed by atoms with Gasteiger partial charge >= 0.3 is 12.1 Å². The Morgan fingerprint density at radius 2 is 1.93 bits per heavy atom. The molecule has 3 aliphatic rings. The average molecular weight is 405 g/mol. The standard InChI is InChI=1S/C20H25ClN4O3/c21-15-7-3-6-14(12-15)16(13-4-1-2-5-13)22-19(28)25-10-8-20(9-11-25)17(26)23-18(27)24-20/h3,6-7,12-13,16H,1-2,4-5,8-11H2,(H,22,28)(H2,23,24,26,27)/t16-/m0/s1. The number of piperidine rings is 1. The Labute approximate surface area is 169 Å². The first-order valence-electron chi connectivity index (χ1n) is 9.91. The van der Waals surface area contributed by atoms with E-state index in [9.17, 15) is 14.4 Å². The maximum atomic E-state index is 13.0. The molecule has 1 saturated carbocycles. The van der Waals surface area contributed by atoms with E-state index in [4.69, 9.17) is 11.6 Å². The highest BCUT2D eigenvalue weighted by atomic mass is 35.5. The second-order valence-electron chi connectivity index (χ2n) is 8.00. The van der Waals surface area contributed by atoms with Crippen LogP contribution < -0.4 is 16.0 Å². The number of hydrogen-bond donors (Lipinski definition) is 3. The lowest BCUT2D eigenvalue weighted by atomic mass is 9.87. The van der Waals surface area contributed by atoms with Gasteiger partial charge in [-0.25, -0.2) is 9.59 Å². The summed E-state index contributed by atoms with van der Waals surface area (Å²) in [5.74, 6) is 0.110. The van der Waals surface area contributed by atoms with Crippen LogP contribution in [0.4, 0.5) is 9.59 Å². The molecule has 28 heavy (non-hydrogen) atoms. The Hall–Kier alpha value is -2.28. The van der Waals surface area contributed by atoms with Crippen molar-refractivity contribution in [3.63, 3.8) is 0 Å². The Kier molecular flexibility index (Phi) is 5.19. The van der Waals surface area contributed by atoms with E-state index in [0.717, 1.165) is 18.4 Å². The van der Waals surface area contributed by atoms with Crippen LogP contribution in [-0.4, -0.2) is 41.5 Å². The average Bonchev–Trinajstić information content (AvgIpc) is 3.29. The van der Waals surface area contributed by atoms with Gasteiger partial charge in [0.15, 0.2) is 0 Å². The van der Waals surface area contributed by atoms with Crippen molar-refractivity contribution in [2.45, 2.75) is 50.1 Å². The van der Waals surface area contributed by atoms with Gasteiger partial charge in [-0.15, -0.1) is 0 Å². The number of rotatable bonds is 3. The van der Waals surface area contributed by atoms with Crippen LogP contribution in [0, 0.1) is 5.92 Å². The van der Waals surface area contributed by atoms with Crippen LogP contribution in [0.2, 0.25) is 5.02 Å². The highest BCUT2D eigenvalue weighted by molar-refractivity contribution is 6.30. The molecule has 1 atom stereocenters. The molecule has 1 aromatic rings. The number of halogens is 1. The normalized spacial score (nSPS) is 22.8. The SMILES string of the molecule is O=C1NC(=O)C2(CCN(C(=O)N[C@H](c3cccc(Cl)c3)C3CCCC3)CC2)N1. The number of carbonyl (C=O) groups is 3. The van der Waals surface area contributed by atoms with E-state index in [1.807, 2.05) is 24.3 Å². The summed E-state index contributed by atoms with van der Waals surface area (Å²) in [6.07, 6.45) is 5.38. The molecule has 1 spiro atoms. The van der Waals surface area contributed by atoms with Gasteiger partial charge in [0.25, 0.3) is 5.91 Å². The van der Waals surface area contributed by atoms with E-state index in [-0.39, 0.29) is 18.0 Å². The van der Waals surface area contributed by atoms with E-state index < -0.39 is 11.6 Å². The molecule has 0 radical (unpaired) electrons. The molecule has 1 aromatic carbocycles. The second-order valence-corrected chi connectivity index (χ2v) is 8.44. The van der Waals surface area contributed by atoms with Gasteiger partial charge in [0.05, 0.1) is 6.04 Å². The third kappa shape index (κ3) is 3.68. The van der Waals surface area contributed by atoms with E-state index in [1.165, 1.54) is 12.8 Å². The van der Waals surface area contributed by atoms with Crippen LogP contribution >= 0.6 is 11.6 Å². The van der Waals surface area contributed by atoms with Crippen LogP contribution in [0.1, 0.15) is 50.1 Å². The Bertz CT molecular complexity index is 785. The molecule has 7 nitrogen and oxygen atoms in total. The van der Waals surface area contributed by atoms with Crippen molar-refractivity contribution in [1.82, 2.24) is 20.9 Å². The quantitative estimate of drug-likeness (QED) is 0.676. The van der Waals surface area contributed by atoms with Crippen molar-refractivity contribution >= 4 is 29.6 Å². The van der Waals surface area contributed by atoms with Gasteiger partial charge in [-0.1, -0.05) is 36.6 Å². The smallest absolute Gasteiger partial charge is 0.322 e. The Morgan fingerprint density at radius 1 is 1.21 bits per heavy atom. The summed E-state index contributed by atoms with van der Waals surface area (Å²) < 4.78 is 0. The van der Waals surface area contributed by atoms with Gasteiger partial charge in [-0.3, -0.25) is 10.1 Å². The molecule has 150 valence electrons. The molecule has 2 heterocycles. The fraction of sp³-hybridized carbons (Fsp3) is 0.550. The maximum Gasteiger partial charge on any atom is 0.322 e. The number of amides is 5. The predicted octanol–water partition coefficient (Wildman–Crippen LogP) is 2.95. The summed E-state index contributed by atoms with van der Waals surface area (Å²) in [7, 11) is 0. The third-order valence-corrected chi connectivity index (χ3v) is 6.51. The first-order valence-corrected chi connectivity index (χ1v) is 10.3. The number of urea groups is 2. The first-order chi connectivity index (χ1) is 13.5. The Morgan fingerprint density at radius 3 is 2.54 bits per heavy atom. The lowest BCUT2D eigenvalue weighted by molar-refractivity contribution is -0.125. The molecule has 5 amide bonds. The van der Waals surface area contributed by atoms with Gasteiger partial charge in [-0.2, -0.15) is 0 Å². The summed E-state index contributed by atoms with van der Waals surface area (Å²) in [5.41, 5.74) is 0.162. The van der Waals surface area contributed by atoms with Crippen LogP contribution in [-0.2, 0) is 4.79 Å². The van der Waals surface area contributed by atoms with Crippen molar-refractivity contribution < 1.29 is 14.4 Å². The molecule has 0 aromatic heterocycles. The fourth-order valence-corrected chi connectivity index (χ4v) is 4.86. The molecule has 0 bridgehead atoms. The van der Waals surface area contributed by atoms with Crippen molar-refractivity contribution in [3.05, 3.63) is 34.9 Å². The second kappa shape index (κ2) is 7.62. The number of imide groups is 1. The molecule has 0 unspecified atom stereocenters. The van der Waals surface area contributed by atoms with Gasteiger partial charge in [0.2, 0.25) is 0 Å². The van der Waals surface area contributed by atoms with Crippen molar-refractivity contribution in [2.24, 2.45) is 5.92 Å². The lowest BCUT2D eigenvalue weighted by Gasteiger charge is -2.38. The van der Waals surface area contributed by atoms with Gasteiger partial charge in [-0.05, 0) is 49.3 Å². The van der Waals surface area contributed by atoms with Crippen molar-refractivity contribution in [1.29, 1.82) is 0 Å². The van der Waals surface area contributed by atoms with E-state index in [0.29, 0.717) is 36.9 Å². The molecule has 2 aliphatic heterocycles. The maximum absolute atomic E-state index is 13.0. The van der Waals surface area contributed by atoms with E-state index >= 15 is 0 Å². The zero-order valence-corrected chi connectivity index (χ0v) is 16.4. The molecule has 3 N–H and O–H groups in total. The number of likely N-dealkylation sites (tertiary alicyclic amines) is 1. The van der Waals surface area contributed by atoms with Crippen molar-refractivity contribution in [3.8, 4) is 0 Å². The minimum absolute atomic E-state index is 0.0703. The summed E-state index contributed by atoms with van der Waals surface area (Å²) in [4.78, 5) is 38.3. The number of nitrogens with zero attached hydrogens (tertiary/aromatic N) is 1. The number of carbonyl (C=O) groups excluding carboxylic acids is 3. The zero-order chi connectivity index (χ0) is 19.7. The molecule has 3 fully saturated rings. The molecule has 4 rings (SSSR count). The van der Waals surface area contributed by atoms with Crippen LogP contribution in [0.5, 0.6) is 0 Å². The highest BCUT2D eigenvalue weighted by Crippen LogP contribution is 2.36. The number of benzene rings is 1. The van der Waals surface area contributed by atoms with Gasteiger partial charge < -0.3 is 15.5 Å². The molecule has 1 aliphatic carbocycles. The van der Waals surface area contributed by atoms with Crippen LogP contribution in [0.25, 0.3) is 0 Å². The van der Waals surface area contributed by atoms with E-state index in [2.05, 4.69) is 16.0 Å². The summed E-state index contributed by atoms with van der Waals surface area (Å²) in [6, 6.07) is 7.04. The summed E-state index contributed by atoms with van der Waals surface area (Å²) in [6.45, 7) is 0.846. The van der Waals surface area contributed by atoms with E-state index in [1.54, 1.807) is 4.90 Å². The monoisotopic (exact) mass is 404 g/mol. The molecule has 8 heteroatoms. The summed E-state index contributed by atoms with van der Waals surface area (Å²) in [5, 5.41) is 8.90. The minimum Gasteiger partial charge on any atom is -0.331 e. The zero-order valence-electron chi connectivity index (χ0n) is 15.7. The topological polar surface area (TPSA) is 90.5 Å². The minimum atomic E-state index is -0.869. The van der Waals surface area contributed by atoms with Gasteiger partial charge in [0, 0.05) is 18.1 Å². The fourth-order valence-electron chi connectivity index (χ4n) is 4.66. The number of hydrogen-bond acceptors (Lipinski definition) is 3. The van der Waals surface area contributed by atoms with Crippen LogP contribution in [0.15, 0.2) is 24.3 Å². The van der Waals surface area contributed by atoms with Gasteiger partial charge in [0.1, 0.15) is 5.54 Å². The molecule has 2 saturated heterocycles. The third-order valence-electron chi connectivity index (χ3n) is 6.28. The van der Waals surface area contributed by atoms with Crippen LogP contribution in [0.3, 0.4) is 0 Å². The lowest BCUT2D eigenvalue weighted by Crippen LogP contribution is -2.57. The number of nitrogens with one attached hydrogen (secondary N) is 3.